The van der Waals surface area contributed by atoms with Gasteiger partial charge in [0.15, 0.2) is 11.5 Å². The van der Waals surface area contributed by atoms with Gasteiger partial charge in [-0.2, -0.15) is 5.10 Å². The standard InChI is InChI=1S/C20H28N4O5/c1-19(2,3)29-18(26)23-20(4,24-11-7-10-21-24)22-17(25)13-14-8-9-15(27-5)16(12-14)28-6/h7-12H,13H2,1-6H3,(H,22,25)(H,23,26). The van der Waals surface area contributed by atoms with Crippen LogP contribution < -0.4 is 20.1 Å². The zero-order chi connectivity index (χ0) is 21.7. The zero-order valence-corrected chi connectivity index (χ0v) is 17.6. The summed E-state index contributed by atoms with van der Waals surface area (Å²) in [6, 6.07) is 6.92. The zero-order valence-electron chi connectivity index (χ0n) is 17.6. The van der Waals surface area contributed by atoms with Gasteiger partial charge in [0.2, 0.25) is 11.7 Å². The Morgan fingerprint density at radius 2 is 1.76 bits per heavy atom. The summed E-state index contributed by atoms with van der Waals surface area (Å²) in [7, 11) is 3.07. The molecule has 1 atom stereocenters. The fraction of sp³-hybridized carbons (Fsp3) is 0.450. The number of methoxy groups -OCH3 is 2. The lowest BCUT2D eigenvalue weighted by molar-refractivity contribution is -0.124. The van der Waals surface area contributed by atoms with Gasteiger partial charge in [0.05, 0.1) is 20.6 Å². The lowest BCUT2D eigenvalue weighted by atomic mass is 10.1. The van der Waals surface area contributed by atoms with Gasteiger partial charge in [0.25, 0.3) is 0 Å². The van der Waals surface area contributed by atoms with Crippen LogP contribution in [0.2, 0.25) is 0 Å². The average molecular weight is 404 g/mol. The van der Waals surface area contributed by atoms with E-state index in [0.29, 0.717) is 11.5 Å². The predicted molar refractivity (Wildman–Crippen MR) is 107 cm³/mol. The van der Waals surface area contributed by atoms with E-state index in [2.05, 4.69) is 15.7 Å². The molecule has 0 saturated heterocycles. The molecular formula is C20H28N4O5. The first-order chi connectivity index (χ1) is 13.6. The average Bonchev–Trinajstić information content (AvgIpc) is 3.15. The van der Waals surface area contributed by atoms with E-state index in [9.17, 15) is 9.59 Å². The molecule has 158 valence electrons. The van der Waals surface area contributed by atoms with Crippen molar-refractivity contribution in [3.8, 4) is 11.5 Å². The second kappa shape index (κ2) is 8.85. The summed E-state index contributed by atoms with van der Waals surface area (Å²) in [6.07, 6.45) is 2.57. The molecular weight excluding hydrogens is 376 g/mol. The van der Waals surface area contributed by atoms with Crippen molar-refractivity contribution in [3.05, 3.63) is 42.2 Å². The highest BCUT2D eigenvalue weighted by Crippen LogP contribution is 2.27. The van der Waals surface area contributed by atoms with Gasteiger partial charge < -0.3 is 19.5 Å². The quantitative estimate of drug-likeness (QED) is 0.687. The highest BCUT2D eigenvalue weighted by atomic mass is 16.6. The van der Waals surface area contributed by atoms with E-state index in [1.54, 1.807) is 71.5 Å². The number of nitrogens with one attached hydrogen (secondary N) is 2. The number of nitrogens with zero attached hydrogens (tertiary/aromatic N) is 2. The molecule has 0 bridgehead atoms. The summed E-state index contributed by atoms with van der Waals surface area (Å²) in [6.45, 7) is 6.89. The second-order valence-corrected chi connectivity index (χ2v) is 7.56. The van der Waals surface area contributed by atoms with Crippen LogP contribution in [-0.4, -0.2) is 41.6 Å². The Morgan fingerprint density at radius 3 is 2.31 bits per heavy atom. The molecule has 0 aliphatic heterocycles. The molecule has 2 N–H and O–H groups in total. The first kappa shape index (κ1) is 22.1. The highest BCUT2D eigenvalue weighted by Gasteiger charge is 2.33. The van der Waals surface area contributed by atoms with Crippen molar-refractivity contribution in [1.29, 1.82) is 0 Å². The van der Waals surface area contributed by atoms with Gasteiger partial charge in [-0.05, 0) is 51.5 Å². The maximum Gasteiger partial charge on any atom is 0.410 e. The van der Waals surface area contributed by atoms with Crippen LogP contribution >= 0.6 is 0 Å². The molecule has 0 aliphatic rings. The first-order valence-corrected chi connectivity index (χ1v) is 9.09. The van der Waals surface area contributed by atoms with Gasteiger partial charge in [0.1, 0.15) is 5.60 Å². The second-order valence-electron chi connectivity index (χ2n) is 7.56. The largest absolute Gasteiger partial charge is 0.493 e. The topological polar surface area (TPSA) is 104 Å². The summed E-state index contributed by atoms with van der Waals surface area (Å²) in [4.78, 5) is 25.0. The van der Waals surface area contributed by atoms with Crippen LogP contribution in [0.4, 0.5) is 4.79 Å². The lowest BCUT2D eigenvalue weighted by Crippen LogP contribution is -2.61. The fourth-order valence-electron chi connectivity index (χ4n) is 2.67. The van der Waals surface area contributed by atoms with Crippen LogP contribution in [-0.2, 0) is 21.7 Å². The van der Waals surface area contributed by atoms with Crippen molar-refractivity contribution < 1.29 is 23.8 Å². The number of carbonyl (C=O) groups excluding carboxylic acids is 2. The third-order valence-corrected chi connectivity index (χ3v) is 3.90. The molecule has 0 fully saturated rings. The highest BCUT2D eigenvalue weighted by molar-refractivity contribution is 5.80. The van der Waals surface area contributed by atoms with E-state index < -0.39 is 17.5 Å². The summed E-state index contributed by atoms with van der Waals surface area (Å²) in [5.41, 5.74) is 0.0407. The van der Waals surface area contributed by atoms with Crippen LogP contribution in [0.1, 0.15) is 33.3 Å². The molecule has 1 unspecified atom stereocenters. The van der Waals surface area contributed by atoms with Crippen molar-refractivity contribution in [2.75, 3.05) is 14.2 Å². The third-order valence-electron chi connectivity index (χ3n) is 3.90. The number of alkyl carbamates (subject to hydrolysis) is 1. The van der Waals surface area contributed by atoms with E-state index in [0.717, 1.165) is 5.56 Å². The Balaban J connectivity index is 2.16. The lowest BCUT2D eigenvalue weighted by Gasteiger charge is -2.33. The Kier molecular flexibility index (Phi) is 6.73. The van der Waals surface area contributed by atoms with Gasteiger partial charge in [-0.1, -0.05) is 6.07 Å². The Hall–Kier alpha value is -3.23. The maximum absolute atomic E-state index is 12.7. The van der Waals surface area contributed by atoms with E-state index in [1.165, 1.54) is 11.8 Å². The summed E-state index contributed by atoms with van der Waals surface area (Å²) in [5, 5.41) is 9.62. The molecule has 2 amide bonds. The number of hydrogen-bond acceptors (Lipinski definition) is 6. The van der Waals surface area contributed by atoms with Crippen molar-refractivity contribution in [1.82, 2.24) is 20.4 Å². The first-order valence-electron chi connectivity index (χ1n) is 9.09. The van der Waals surface area contributed by atoms with Crippen LogP contribution in [0, 0.1) is 0 Å². The van der Waals surface area contributed by atoms with E-state index in [4.69, 9.17) is 14.2 Å². The van der Waals surface area contributed by atoms with Crippen LogP contribution in [0.25, 0.3) is 0 Å². The number of benzene rings is 1. The van der Waals surface area contributed by atoms with Crippen LogP contribution in [0.15, 0.2) is 36.7 Å². The normalized spacial score (nSPS) is 13.2. The number of hydrogen-bond donors (Lipinski definition) is 2. The predicted octanol–water partition coefficient (Wildman–Crippen LogP) is 2.41. The molecule has 29 heavy (non-hydrogen) atoms. The van der Waals surface area contributed by atoms with Gasteiger partial charge in [-0.15, -0.1) is 0 Å². The number of amides is 2. The molecule has 9 heteroatoms. The molecule has 2 rings (SSSR count). The van der Waals surface area contributed by atoms with Gasteiger partial charge in [-0.25, -0.2) is 9.48 Å². The van der Waals surface area contributed by atoms with E-state index in [-0.39, 0.29) is 12.3 Å². The molecule has 1 aromatic heterocycles. The SMILES string of the molecule is COc1ccc(CC(=O)NC(C)(NC(=O)OC(C)(C)C)n2cccn2)cc1OC. The van der Waals surface area contributed by atoms with Crippen LogP contribution in [0.3, 0.4) is 0 Å². The van der Waals surface area contributed by atoms with Gasteiger partial charge >= 0.3 is 6.09 Å². The summed E-state index contributed by atoms with van der Waals surface area (Å²) < 4.78 is 17.2. The van der Waals surface area contributed by atoms with Crippen LogP contribution in [0.5, 0.6) is 11.5 Å². The fourth-order valence-corrected chi connectivity index (χ4v) is 2.67. The Morgan fingerprint density at radius 1 is 1.07 bits per heavy atom. The minimum atomic E-state index is -1.32. The molecule has 0 spiro atoms. The number of ether oxygens (including phenoxy) is 3. The van der Waals surface area contributed by atoms with E-state index in [1.807, 2.05) is 0 Å². The molecule has 2 aromatic rings. The van der Waals surface area contributed by atoms with E-state index >= 15 is 0 Å². The molecule has 0 saturated carbocycles. The number of rotatable bonds is 7. The Labute approximate surface area is 170 Å². The summed E-state index contributed by atoms with van der Waals surface area (Å²) >= 11 is 0. The number of aromatic nitrogens is 2. The molecule has 9 nitrogen and oxygen atoms in total. The van der Waals surface area contributed by atoms with Crippen molar-refractivity contribution >= 4 is 12.0 Å². The molecule has 1 heterocycles. The molecule has 1 aromatic carbocycles. The van der Waals surface area contributed by atoms with Gasteiger partial charge in [0, 0.05) is 12.4 Å². The smallest absolute Gasteiger partial charge is 0.410 e. The monoisotopic (exact) mass is 404 g/mol. The van der Waals surface area contributed by atoms with Crippen molar-refractivity contribution in [2.24, 2.45) is 0 Å². The minimum Gasteiger partial charge on any atom is -0.493 e. The molecule has 0 radical (unpaired) electrons. The third kappa shape index (κ3) is 6.13. The van der Waals surface area contributed by atoms with Crippen molar-refractivity contribution in [2.45, 2.75) is 45.5 Å². The Bertz CT molecular complexity index is 845. The number of carbonyl (C=O) groups is 2. The van der Waals surface area contributed by atoms with Gasteiger partial charge in [-0.3, -0.25) is 10.1 Å². The van der Waals surface area contributed by atoms with Crippen molar-refractivity contribution in [3.63, 3.8) is 0 Å². The maximum atomic E-state index is 12.7. The minimum absolute atomic E-state index is 0.0627. The molecule has 0 aliphatic carbocycles. The summed E-state index contributed by atoms with van der Waals surface area (Å²) in [5.74, 6) is -0.546.